The highest BCUT2D eigenvalue weighted by molar-refractivity contribution is 5.73. The Kier molecular flexibility index (Phi) is 7.61. The molecule has 0 heterocycles. The van der Waals surface area contributed by atoms with Gasteiger partial charge in [-0.05, 0) is 37.1 Å². The zero-order valence-corrected chi connectivity index (χ0v) is 13.0. The maximum Gasteiger partial charge on any atom is 0.320 e. The van der Waals surface area contributed by atoms with Crippen molar-refractivity contribution in [3.05, 3.63) is 23.8 Å². The molecule has 2 N–H and O–H groups in total. The van der Waals surface area contributed by atoms with Gasteiger partial charge < -0.3 is 19.9 Å². The van der Waals surface area contributed by atoms with E-state index in [1.165, 1.54) is 5.56 Å². The smallest absolute Gasteiger partial charge is 0.320 e. The SMILES string of the molecule is CCCNC(CCOc1ccc(CC)cc1OC)C(=O)O. The van der Waals surface area contributed by atoms with E-state index in [1.54, 1.807) is 7.11 Å². The van der Waals surface area contributed by atoms with E-state index in [1.807, 2.05) is 25.1 Å². The maximum absolute atomic E-state index is 11.1. The van der Waals surface area contributed by atoms with Gasteiger partial charge in [0.25, 0.3) is 0 Å². The van der Waals surface area contributed by atoms with Crippen LogP contribution in [0, 0.1) is 0 Å². The summed E-state index contributed by atoms with van der Waals surface area (Å²) < 4.78 is 11.0. The highest BCUT2D eigenvalue weighted by atomic mass is 16.5. The Hall–Kier alpha value is -1.75. The van der Waals surface area contributed by atoms with Crippen LogP contribution in [0.25, 0.3) is 0 Å². The van der Waals surface area contributed by atoms with Gasteiger partial charge in [-0.1, -0.05) is 19.9 Å². The third-order valence-electron chi connectivity index (χ3n) is 3.24. The molecule has 1 rings (SSSR count). The predicted octanol–water partition coefficient (Wildman–Crippen LogP) is 2.48. The minimum atomic E-state index is -0.847. The van der Waals surface area contributed by atoms with Gasteiger partial charge in [0.2, 0.25) is 0 Å². The summed E-state index contributed by atoms with van der Waals surface area (Å²) in [6.07, 6.45) is 2.24. The molecule has 0 aliphatic heterocycles. The molecular weight excluding hydrogens is 270 g/mol. The molecule has 0 spiro atoms. The van der Waals surface area contributed by atoms with Crippen LogP contribution < -0.4 is 14.8 Å². The van der Waals surface area contributed by atoms with E-state index in [-0.39, 0.29) is 0 Å². The Balaban J connectivity index is 2.56. The van der Waals surface area contributed by atoms with Gasteiger partial charge in [-0.2, -0.15) is 0 Å². The van der Waals surface area contributed by atoms with E-state index in [9.17, 15) is 4.79 Å². The Morgan fingerprint density at radius 1 is 1.33 bits per heavy atom. The molecule has 1 unspecified atom stereocenters. The normalized spacial score (nSPS) is 12.0. The molecule has 0 radical (unpaired) electrons. The van der Waals surface area contributed by atoms with Crippen molar-refractivity contribution >= 4 is 5.97 Å². The molecule has 0 amide bonds. The summed E-state index contributed by atoms with van der Waals surface area (Å²) in [5.74, 6) is 0.484. The minimum absolute atomic E-state index is 0.329. The van der Waals surface area contributed by atoms with Gasteiger partial charge in [0, 0.05) is 6.42 Å². The first kappa shape index (κ1) is 17.3. The van der Waals surface area contributed by atoms with Crippen molar-refractivity contribution in [2.75, 3.05) is 20.3 Å². The molecule has 21 heavy (non-hydrogen) atoms. The molecule has 0 aliphatic carbocycles. The number of benzene rings is 1. The van der Waals surface area contributed by atoms with Crippen LogP contribution in [-0.4, -0.2) is 37.4 Å². The summed E-state index contributed by atoms with van der Waals surface area (Å²) in [5, 5.41) is 12.1. The summed E-state index contributed by atoms with van der Waals surface area (Å²) in [6.45, 7) is 5.09. The van der Waals surface area contributed by atoms with Crippen LogP contribution in [0.2, 0.25) is 0 Å². The van der Waals surface area contributed by atoms with Crippen LogP contribution >= 0.6 is 0 Å². The Bertz CT molecular complexity index is 448. The lowest BCUT2D eigenvalue weighted by Gasteiger charge is -2.16. The standard InChI is InChI=1S/C16H25NO4/c1-4-9-17-13(16(18)19)8-10-21-14-7-6-12(5-2)11-15(14)20-3/h6-7,11,13,17H,4-5,8-10H2,1-3H3,(H,18,19). The molecule has 0 aromatic heterocycles. The van der Waals surface area contributed by atoms with E-state index in [0.717, 1.165) is 12.8 Å². The van der Waals surface area contributed by atoms with Crippen LogP contribution in [0.1, 0.15) is 32.3 Å². The Labute approximate surface area is 126 Å². The van der Waals surface area contributed by atoms with Gasteiger partial charge >= 0.3 is 5.97 Å². The first-order valence-corrected chi connectivity index (χ1v) is 7.38. The predicted molar refractivity (Wildman–Crippen MR) is 82.2 cm³/mol. The number of ether oxygens (including phenoxy) is 2. The molecule has 0 bridgehead atoms. The van der Waals surface area contributed by atoms with E-state index in [0.29, 0.717) is 31.1 Å². The fourth-order valence-electron chi connectivity index (χ4n) is 1.97. The van der Waals surface area contributed by atoms with E-state index >= 15 is 0 Å². The number of rotatable bonds is 10. The Morgan fingerprint density at radius 3 is 2.67 bits per heavy atom. The molecule has 1 aromatic rings. The second kappa shape index (κ2) is 9.23. The van der Waals surface area contributed by atoms with Gasteiger partial charge in [-0.3, -0.25) is 4.79 Å². The van der Waals surface area contributed by atoms with Crippen molar-refractivity contribution in [3.63, 3.8) is 0 Å². The van der Waals surface area contributed by atoms with Gasteiger partial charge in [-0.25, -0.2) is 0 Å². The van der Waals surface area contributed by atoms with Crippen molar-refractivity contribution in [3.8, 4) is 11.5 Å². The molecule has 0 aliphatic rings. The summed E-state index contributed by atoms with van der Waals surface area (Å²) >= 11 is 0. The maximum atomic E-state index is 11.1. The number of aryl methyl sites for hydroxylation is 1. The first-order valence-electron chi connectivity index (χ1n) is 7.38. The lowest BCUT2D eigenvalue weighted by atomic mass is 10.1. The number of carboxylic acid groups (broad SMARTS) is 1. The number of carboxylic acids is 1. The van der Waals surface area contributed by atoms with Crippen molar-refractivity contribution in [2.24, 2.45) is 0 Å². The summed E-state index contributed by atoms with van der Waals surface area (Å²) in [4.78, 5) is 11.1. The molecule has 0 saturated heterocycles. The molecular formula is C16H25NO4. The molecule has 0 fully saturated rings. The van der Waals surface area contributed by atoms with E-state index in [2.05, 4.69) is 12.2 Å². The topological polar surface area (TPSA) is 67.8 Å². The second-order valence-electron chi connectivity index (χ2n) is 4.82. The largest absolute Gasteiger partial charge is 0.493 e. The van der Waals surface area contributed by atoms with E-state index in [4.69, 9.17) is 14.6 Å². The molecule has 5 heteroatoms. The molecule has 0 saturated carbocycles. The van der Waals surface area contributed by atoms with Crippen LogP contribution in [0.4, 0.5) is 0 Å². The minimum Gasteiger partial charge on any atom is -0.493 e. The van der Waals surface area contributed by atoms with Crippen molar-refractivity contribution in [1.82, 2.24) is 5.32 Å². The highest BCUT2D eigenvalue weighted by Crippen LogP contribution is 2.28. The van der Waals surface area contributed by atoms with Crippen molar-refractivity contribution < 1.29 is 19.4 Å². The fraction of sp³-hybridized carbons (Fsp3) is 0.562. The lowest BCUT2D eigenvalue weighted by molar-refractivity contribution is -0.139. The number of hydrogen-bond donors (Lipinski definition) is 2. The van der Waals surface area contributed by atoms with Crippen molar-refractivity contribution in [2.45, 2.75) is 39.2 Å². The monoisotopic (exact) mass is 295 g/mol. The number of carbonyl (C=O) groups is 1. The van der Waals surface area contributed by atoms with Gasteiger partial charge in [0.05, 0.1) is 13.7 Å². The first-order chi connectivity index (χ1) is 10.1. The Morgan fingerprint density at radius 2 is 2.10 bits per heavy atom. The van der Waals surface area contributed by atoms with Crippen LogP contribution in [-0.2, 0) is 11.2 Å². The second-order valence-corrected chi connectivity index (χ2v) is 4.82. The highest BCUT2D eigenvalue weighted by Gasteiger charge is 2.16. The zero-order chi connectivity index (χ0) is 15.7. The number of aliphatic carboxylic acids is 1. The lowest BCUT2D eigenvalue weighted by Crippen LogP contribution is -2.38. The van der Waals surface area contributed by atoms with Gasteiger partial charge in [-0.15, -0.1) is 0 Å². The summed E-state index contributed by atoms with van der Waals surface area (Å²) in [6, 6.07) is 5.22. The number of nitrogens with one attached hydrogen (secondary N) is 1. The average molecular weight is 295 g/mol. The summed E-state index contributed by atoms with van der Waals surface area (Å²) in [7, 11) is 1.60. The molecule has 1 aromatic carbocycles. The zero-order valence-electron chi connectivity index (χ0n) is 13.0. The van der Waals surface area contributed by atoms with Crippen LogP contribution in [0.5, 0.6) is 11.5 Å². The van der Waals surface area contributed by atoms with Crippen LogP contribution in [0.3, 0.4) is 0 Å². The molecule has 5 nitrogen and oxygen atoms in total. The van der Waals surface area contributed by atoms with E-state index < -0.39 is 12.0 Å². The van der Waals surface area contributed by atoms with Gasteiger partial charge in [0.15, 0.2) is 11.5 Å². The molecule has 118 valence electrons. The van der Waals surface area contributed by atoms with Gasteiger partial charge in [0.1, 0.15) is 6.04 Å². The number of methoxy groups -OCH3 is 1. The third-order valence-corrected chi connectivity index (χ3v) is 3.24. The quantitative estimate of drug-likeness (QED) is 0.694. The number of hydrogen-bond acceptors (Lipinski definition) is 4. The fourth-order valence-corrected chi connectivity index (χ4v) is 1.97. The summed E-state index contributed by atoms with van der Waals surface area (Å²) in [5.41, 5.74) is 1.17. The average Bonchev–Trinajstić information content (AvgIpc) is 2.50. The van der Waals surface area contributed by atoms with Crippen LogP contribution in [0.15, 0.2) is 18.2 Å². The van der Waals surface area contributed by atoms with Crippen molar-refractivity contribution in [1.29, 1.82) is 0 Å². The molecule has 1 atom stereocenters. The third kappa shape index (κ3) is 5.63.